The summed E-state index contributed by atoms with van der Waals surface area (Å²) in [6, 6.07) is 0. The maximum Gasteiger partial charge on any atom is 0.117 e. The Morgan fingerprint density at radius 3 is 2.16 bits per heavy atom. The first-order valence-corrected chi connectivity index (χ1v) is 8.39. The fourth-order valence-corrected chi connectivity index (χ4v) is 2.82. The van der Waals surface area contributed by atoms with E-state index in [1.54, 1.807) is 11.3 Å². The number of aromatic nitrogens is 2. The van der Waals surface area contributed by atoms with Crippen molar-refractivity contribution in [2.45, 2.75) is 78.2 Å². The number of hydrogen-bond acceptors (Lipinski definition) is 4. The summed E-state index contributed by atoms with van der Waals surface area (Å²) in [6.45, 7) is 9.90. The van der Waals surface area contributed by atoms with Crippen LogP contribution in [-0.4, -0.2) is 22.3 Å². The molecule has 0 amide bonds. The van der Waals surface area contributed by atoms with Gasteiger partial charge in [-0.1, -0.05) is 26.2 Å². The maximum atomic E-state index is 4.29. The van der Waals surface area contributed by atoms with Gasteiger partial charge in [0.1, 0.15) is 10.0 Å². The SMILES string of the molecule is CCCCCCc1nnc(CCCNC(C)(C)C)s1. The van der Waals surface area contributed by atoms with Crippen molar-refractivity contribution >= 4 is 11.3 Å². The number of unbranched alkanes of at least 4 members (excludes halogenated alkanes) is 3. The summed E-state index contributed by atoms with van der Waals surface area (Å²) in [5.41, 5.74) is 0.214. The average molecular weight is 283 g/mol. The highest BCUT2D eigenvalue weighted by Gasteiger charge is 2.08. The minimum Gasteiger partial charge on any atom is -0.312 e. The Bertz CT molecular complexity index is 341. The Balaban J connectivity index is 2.16. The zero-order valence-corrected chi connectivity index (χ0v) is 13.8. The molecule has 0 atom stereocenters. The number of hydrogen-bond donors (Lipinski definition) is 1. The third kappa shape index (κ3) is 8.32. The van der Waals surface area contributed by atoms with E-state index in [2.05, 4.69) is 43.2 Å². The van der Waals surface area contributed by atoms with Gasteiger partial charge in [-0.25, -0.2) is 0 Å². The third-order valence-corrected chi connectivity index (χ3v) is 4.02. The lowest BCUT2D eigenvalue weighted by molar-refractivity contribution is 0.422. The van der Waals surface area contributed by atoms with Crippen molar-refractivity contribution in [1.29, 1.82) is 0 Å². The van der Waals surface area contributed by atoms with Gasteiger partial charge in [-0.2, -0.15) is 0 Å². The molecule has 1 N–H and O–H groups in total. The first-order chi connectivity index (χ1) is 9.01. The molecule has 1 aromatic rings. The summed E-state index contributed by atoms with van der Waals surface area (Å²) in [5, 5.41) is 14.5. The molecule has 19 heavy (non-hydrogen) atoms. The van der Waals surface area contributed by atoms with Crippen LogP contribution in [-0.2, 0) is 12.8 Å². The zero-order chi connectivity index (χ0) is 14.1. The van der Waals surface area contributed by atoms with E-state index in [4.69, 9.17) is 0 Å². The molecule has 0 aromatic carbocycles. The van der Waals surface area contributed by atoms with Crippen LogP contribution in [0.15, 0.2) is 0 Å². The van der Waals surface area contributed by atoms with Gasteiger partial charge in [-0.3, -0.25) is 0 Å². The molecule has 1 aromatic heterocycles. The summed E-state index contributed by atoms with van der Waals surface area (Å²) in [7, 11) is 0. The molecule has 0 aliphatic carbocycles. The second kappa shape index (κ2) is 8.64. The monoisotopic (exact) mass is 283 g/mol. The highest BCUT2D eigenvalue weighted by molar-refractivity contribution is 7.11. The Morgan fingerprint density at radius 1 is 0.947 bits per heavy atom. The van der Waals surface area contributed by atoms with Crippen molar-refractivity contribution in [3.8, 4) is 0 Å². The van der Waals surface area contributed by atoms with Crippen LogP contribution in [0.5, 0.6) is 0 Å². The van der Waals surface area contributed by atoms with Gasteiger partial charge in [-0.15, -0.1) is 21.5 Å². The Labute approximate surface area is 122 Å². The summed E-state index contributed by atoms with van der Waals surface area (Å²) < 4.78 is 0. The number of nitrogens with zero attached hydrogens (tertiary/aromatic N) is 2. The Morgan fingerprint density at radius 2 is 1.58 bits per heavy atom. The van der Waals surface area contributed by atoms with Crippen molar-refractivity contribution in [3.63, 3.8) is 0 Å². The average Bonchev–Trinajstić information content (AvgIpc) is 2.77. The van der Waals surface area contributed by atoms with E-state index in [9.17, 15) is 0 Å². The van der Waals surface area contributed by atoms with E-state index in [0.29, 0.717) is 0 Å². The van der Waals surface area contributed by atoms with Gasteiger partial charge in [0.15, 0.2) is 0 Å². The summed E-state index contributed by atoms with van der Waals surface area (Å²) in [4.78, 5) is 0. The molecule has 110 valence electrons. The molecule has 0 fully saturated rings. The molecule has 4 heteroatoms. The second-order valence-electron chi connectivity index (χ2n) is 6.18. The molecule has 0 aliphatic rings. The Kier molecular flexibility index (Phi) is 7.54. The van der Waals surface area contributed by atoms with E-state index in [0.717, 1.165) is 25.8 Å². The highest BCUT2D eigenvalue weighted by atomic mass is 32.1. The minimum atomic E-state index is 0.214. The van der Waals surface area contributed by atoms with Gasteiger partial charge in [0, 0.05) is 18.4 Å². The van der Waals surface area contributed by atoms with Crippen LogP contribution in [0.25, 0.3) is 0 Å². The highest BCUT2D eigenvalue weighted by Crippen LogP contribution is 2.15. The summed E-state index contributed by atoms with van der Waals surface area (Å²) in [5.74, 6) is 0. The van der Waals surface area contributed by atoms with E-state index >= 15 is 0 Å². The van der Waals surface area contributed by atoms with Crippen LogP contribution in [0.4, 0.5) is 0 Å². The lowest BCUT2D eigenvalue weighted by atomic mass is 10.1. The molecular weight excluding hydrogens is 254 g/mol. The van der Waals surface area contributed by atoms with Crippen LogP contribution in [0.3, 0.4) is 0 Å². The largest absolute Gasteiger partial charge is 0.312 e. The van der Waals surface area contributed by atoms with E-state index in [-0.39, 0.29) is 5.54 Å². The van der Waals surface area contributed by atoms with Crippen molar-refractivity contribution in [2.75, 3.05) is 6.54 Å². The van der Waals surface area contributed by atoms with Crippen LogP contribution in [0.1, 0.15) is 69.8 Å². The molecule has 0 spiro atoms. The van der Waals surface area contributed by atoms with Gasteiger partial charge in [-0.05, 0) is 40.2 Å². The van der Waals surface area contributed by atoms with E-state index < -0.39 is 0 Å². The van der Waals surface area contributed by atoms with E-state index in [1.807, 2.05) is 0 Å². The normalized spacial score (nSPS) is 12.0. The quantitative estimate of drug-likeness (QED) is 0.697. The van der Waals surface area contributed by atoms with Crippen molar-refractivity contribution in [2.24, 2.45) is 0 Å². The van der Waals surface area contributed by atoms with Gasteiger partial charge in [0.05, 0.1) is 0 Å². The van der Waals surface area contributed by atoms with Gasteiger partial charge >= 0.3 is 0 Å². The van der Waals surface area contributed by atoms with Gasteiger partial charge in [0.25, 0.3) is 0 Å². The third-order valence-electron chi connectivity index (χ3n) is 2.98. The fourth-order valence-electron chi connectivity index (χ4n) is 1.90. The van der Waals surface area contributed by atoms with Crippen molar-refractivity contribution < 1.29 is 0 Å². The standard InChI is InChI=1S/C15H29N3S/c1-5-6-7-8-10-13-17-18-14(19-13)11-9-12-16-15(2,3)4/h16H,5-12H2,1-4H3. The van der Waals surface area contributed by atoms with Gasteiger partial charge in [0.2, 0.25) is 0 Å². The molecule has 0 saturated heterocycles. The lowest BCUT2D eigenvalue weighted by Crippen LogP contribution is -2.36. The number of aryl methyl sites for hydroxylation is 2. The molecule has 0 radical (unpaired) electrons. The van der Waals surface area contributed by atoms with Crippen LogP contribution in [0.2, 0.25) is 0 Å². The topological polar surface area (TPSA) is 37.8 Å². The van der Waals surface area contributed by atoms with Crippen molar-refractivity contribution in [1.82, 2.24) is 15.5 Å². The minimum absolute atomic E-state index is 0.214. The number of rotatable bonds is 9. The predicted molar refractivity (Wildman–Crippen MR) is 83.8 cm³/mol. The predicted octanol–water partition coefficient (Wildman–Crippen LogP) is 3.98. The smallest absolute Gasteiger partial charge is 0.117 e. The molecule has 0 saturated carbocycles. The van der Waals surface area contributed by atoms with Crippen molar-refractivity contribution in [3.05, 3.63) is 10.0 Å². The van der Waals surface area contributed by atoms with Crippen LogP contribution in [0, 0.1) is 0 Å². The van der Waals surface area contributed by atoms with Crippen LogP contribution < -0.4 is 5.32 Å². The zero-order valence-electron chi connectivity index (χ0n) is 13.0. The van der Waals surface area contributed by atoms with Crippen LogP contribution >= 0.6 is 11.3 Å². The lowest BCUT2D eigenvalue weighted by Gasteiger charge is -2.20. The molecular formula is C15H29N3S. The Hall–Kier alpha value is -0.480. The van der Waals surface area contributed by atoms with Gasteiger partial charge < -0.3 is 5.32 Å². The maximum absolute atomic E-state index is 4.29. The second-order valence-corrected chi connectivity index (χ2v) is 7.33. The number of nitrogens with one attached hydrogen (secondary N) is 1. The van der Waals surface area contributed by atoms with E-state index in [1.165, 1.54) is 35.7 Å². The molecule has 0 aliphatic heterocycles. The molecule has 0 bridgehead atoms. The molecule has 3 nitrogen and oxygen atoms in total. The first-order valence-electron chi connectivity index (χ1n) is 7.57. The molecule has 0 unspecified atom stereocenters. The first kappa shape index (κ1) is 16.6. The fraction of sp³-hybridized carbons (Fsp3) is 0.867. The molecule has 1 rings (SSSR count). The summed E-state index contributed by atoms with van der Waals surface area (Å²) >= 11 is 1.80. The summed E-state index contributed by atoms with van der Waals surface area (Å²) in [6.07, 6.45) is 8.51. The molecule has 1 heterocycles.